The summed E-state index contributed by atoms with van der Waals surface area (Å²) in [7, 11) is 0. The van der Waals surface area contributed by atoms with Crippen LogP contribution in [-0.2, 0) is 11.2 Å². The first-order chi connectivity index (χ1) is 11.5. The highest BCUT2D eigenvalue weighted by Crippen LogP contribution is 2.40. The molecule has 5 rings (SSSR count). The van der Waals surface area contributed by atoms with Crippen LogP contribution in [0.4, 0.5) is 4.79 Å². The van der Waals surface area contributed by atoms with Gasteiger partial charge in [-0.05, 0) is 31.2 Å². The monoisotopic (exact) mass is 328 g/mol. The number of benzene rings is 1. The van der Waals surface area contributed by atoms with Crippen molar-refractivity contribution in [3.8, 4) is 0 Å². The molecular formula is C18H20N2O4. The lowest BCUT2D eigenvalue weighted by Gasteiger charge is -2.27. The number of hydrogen-bond acceptors (Lipinski definition) is 3. The molecule has 1 saturated carbocycles. The van der Waals surface area contributed by atoms with E-state index in [1.165, 1.54) is 0 Å². The Morgan fingerprint density at radius 1 is 1.42 bits per heavy atom. The number of hydrogen-bond donors (Lipinski definition) is 2. The molecule has 6 nitrogen and oxygen atoms in total. The Morgan fingerprint density at radius 2 is 2.21 bits per heavy atom. The van der Waals surface area contributed by atoms with Crippen LogP contribution in [0.5, 0.6) is 0 Å². The van der Waals surface area contributed by atoms with Crippen molar-refractivity contribution in [2.75, 3.05) is 6.54 Å². The van der Waals surface area contributed by atoms with E-state index in [0.717, 1.165) is 41.5 Å². The third-order valence-corrected chi connectivity index (χ3v) is 5.26. The zero-order chi connectivity index (χ0) is 16.8. The lowest BCUT2D eigenvalue weighted by molar-refractivity contribution is -0.139. The van der Waals surface area contributed by atoms with Gasteiger partial charge in [0.2, 0.25) is 0 Å². The van der Waals surface area contributed by atoms with Gasteiger partial charge in [-0.3, -0.25) is 0 Å². The third kappa shape index (κ3) is 2.42. The van der Waals surface area contributed by atoms with E-state index in [1.807, 2.05) is 25.1 Å². The molecule has 1 unspecified atom stereocenters. The normalized spacial score (nSPS) is 23.1. The predicted octanol–water partition coefficient (Wildman–Crippen LogP) is 2.54. The van der Waals surface area contributed by atoms with Gasteiger partial charge in [0.15, 0.2) is 0 Å². The highest BCUT2D eigenvalue weighted by molar-refractivity contribution is 5.86. The van der Waals surface area contributed by atoms with Gasteiger partial charge in [0.25, 0.3) is 0 Å². The smallest absolute Gasteiger partial charge is 0.326 e. The van der Waals surface area contributed by atoms with Crippen LogP contribution in [0.2, 0.25) is 0 Å². The number of fused-ring (bicyclic) bond motifs is 2. The van der Waals surface area contributed by atoms with Crippen LogP contribution in [0, 0.1) is 12.8 Å². The number of amides is 2. The molecule has 1 atom stereocenters. The Hall–Kier alpha value is -2.50. The number of para-hydroxylation sites is 1. The number of aliphatic carboxylic acids is 1. The summed E-state index contributed by atoms with van der Waals surface area (Å²) in [6.45, 7) is 2.70. The molecule has 2 amide bonds. The summed E-state index contributed by atoms with van der Waals surface area (Å²) in [6.07, 6.45) is 3.90. The van der Waals surface area contributed by atoms with E-state index in [1.54, 1.807) is 11.2 Å². The fraction of sp³-hybridized carbons (Fsp3) is 0.444. The molecule has 3 aliphatic rings. The number of carboxylic acid groups (broad SMARTS) is 1. The topological polar surface area (TPSA) is 82.8 Å². The second-order valence-electron chi connectivity index (χ2n) is 6.90. The molecule has 3 heterocycles. The summed E-state index contributed by atoms with van der Waals surface area (Å²) in [5, 5.41) is 13.1. The molecule has 2 N–H and O–H groups in total. The van der Waals surface area contributed by atoms with Crippen molar-refractivity contribution in [2.24, 2.45) is 5.92 Å². The number of furan rings is 1. The van der Waals surface area contributed by atoms with E-state index in [0.29, 0.717) is 12.0 Å². The second kappa shape index (κ2) is 5.54. The number of carbonyl (C=O) groups excluding carboxylic acids is 1. The maximum absolute atomic E-state index is 12.4. The molecule has 2 aromatic rings. The number of rotatable bonds is 4. The van der Waals surface area contributed by atoms with Crippen molar-refractivity contribution in [1.29, 1.82) is 0 Å². The summed E-state index contributed by atoms with van der Waals surface area (Å²) < 4.78 is 5.57. The van der Waals surface area contributed by atoms with Crippen LogP contribution in [0.3, 0.4) is 0 Å². The van der Waals surface area contributed by atoms with Gasteiger partial charge in [-0.25, -0.2) is 9.59 Å². The van der Waals surface area contributed by atoms with E-state index in [-0.39, 0.29) is 12.5 Å². The van der Waals surface area contributed by atoms with E-state index >= 15 is 0 Å². The van der Waals surface area contributed by atoms with Gasteiger partial charge < -0.3 is 19.7 Å². The minimum absolute atomic E-state index is 0.208. The molecule has 1 aliphatic carbocycles. The van der Waals surface area contributed by atoms with Gasteiger partial charge in [-0.2, -0.15) is 0 Å². The zero-order valence-electron chi connectivity index (χ0n) is 13.5. The Bertz CT molecular complexity index is 806. The molecule has 1 aromatic carbocycles. The summed E-state index contributed by atoms with van der Waals surface area (Å²) in [4.78, 5) is 25.8. The van der Waals surface area contributed by atoms with Crippen molar-refractivity contribution < 1.29 is 19.1 Å². The van der Waals surface area contributed by atoms with E-state index in [2.05, 4.69) is 5.32 Å². The molecule has 0 spiro atoms. The molecule has 6 heteroatoms. The fourth-order valence-electron chi connectivity index (χ4n) is 3.85. The summed E-state index contributed by atoms with van der Waals surface area (Å²) in [6, 6.07) is 4.85. The number of aryl methyl sites for hydroxylation is 1. The minimum Gasteiger partial charge on any atom is -0.480 e. The SMILES string of the molecule is Cc1cccc2c(CC(NC(=O)N3CC4CC3C4)C(=O)O)coc12. The number of nitrogens with zero attached hydrogens (tertiary/aromatic N) is 1. The van der Waals surface area contributed by atoms with Crippen molar-refractivity contribution in [3.05, 3.63) is 35.6 Å². The quantitative estimate of drug-likeness (QED) is 0.903. The van der Waals surface area contributed by atoms with Gasteiger partial charge in [-0.15, -0.1) is 0 Å². The van der Waals surface area contributed by atoms with Crippen molar-refractivity contribution in [2.45, 2.75) is 38.3 Å². The van der Waals surface area contributed by atoms with Gasteiger partial charge in [-0.1, -0.05) is 18.2 Å². The van der Waals surface area contributed by atoms with Gasteiger partial charge in [0.05, 0.1) is 6.26 Å². The first-order valence-electron chi connectivity index (χ1n) is 8.28. The van der Waals surface area contributed by atoms with Crippen LogP contribution < -0.4 is 5.32 Å². The Labute approximate surface area is 139 Å². The maximum atomic E-state index is 12.4. The number of carbonyl (C=O) groups is 2. The zero-order valence-corrected chi connectivity index (χ0v) is 13.5. The number of carboxylic acids is 1. The van der Waals surface area contributed by atoms with Gasteiger partial charge in [0, 0.05) is 30.0 Å². The average Bonchev–Trinajstić information content (AvgIpc) is 3.19. The molecule has 0 radical (unpaired) electrons. The highest BCUT2D eigenvalue weighted by Gasteiger charge is 2.45. The maximum Gasteiger partial charge on any atom is 0.326 e. The van der Waals surface area contributed by atoms with E-state index in [9.17, 15) is 14.7 Å². The number of nitrogens with one attached hydrogen (secondary N) is 1. The summed E-state index contributed by atoms with van der Waals surface area (Å²) >= 11 is 0. The Balaban J connectivity index is 1.51. The van der Waals surface area contributed by atoms with Crippen LogP contribution in [0.15, 0.2) is 28.9 Å². The lowest BCUT2D eigenvalue weighted by Crippen LogP contribution is -2.49. The largest absolute Gasteiger partial charge is 0.480 e. The van der Waals surface area contributed by atoms with Gasteiger partial charge >= 0.3 is 12.0 Å². The molecule has 2 aliphatic heterocycles. The second-order valence-corrected chi connectivity index (χ2v) is 6.90. The lowest BCUT2D eigenvalue weighted by atomic mass is 9.86. The highest BCUT2D eigenvalue weighted by atomic mass is 16.4. The Kier molecular flexibility index (Phi) is 3.48. The minimum atomic E-state index is -1.03. The van der Waals surface area contributed by atoms with Crippen LogP contribution >= 0.6 is 0 Å². The predicted molar refractivity (Wildman–Crippen MR) is 87.8 cm³/mol. The summed E-state index contributed by atoms with van der Waals surface area (Å²) in [5.41, 5.74) is 2.57. The van der Waals surface area contributed by atoms with Gasteiger partial charge in [0.1, 0.15) is 11.6 Å². The van der Waals surface area contributed by atoms with E-state index < -0.39 is 12.0 Å². The van der Waals surface area contributed by atoms with Crippen LogP contribution in [0.25, 0.3) is 11.0 Å². The number of urea groups is 1. The molecule has 1 aromatic heterocycles. The van der Waals surface area contributed by atoms with Crippen molar-refractivity contribution >= 4 is 23.0 Å². The Morgan fingerprint density at radius 3 is 2.88 bits per heavy atom. The van der Waals surface area contributed by atoms with Crippen LogP contribution in [-0.4, -0.2) is 40.6 Å². The molecular weight excluding hydrogens is 308 g/mol. The first kappa shape index (κ1) is 15.1. The third-order valence-electron chi connectivity index (χ3n) is 5.26. The fourth-order valence-corrected chi connectivity index (χ4v) is 3.85. The van der Waals surface area contributed by atoms with Crippen LogP contribution in [0.1, 0.15) is 24.0 Å². The average molecular weight is 328 g/mol. The molecule has 24 heavy (non-hydrogen) atoms. The summed E-state index contributed by atoms with van der Waals surface area (Å²) in [5.74, 6) is -0.429. The molecule has 2 bridgehead atoms. The van der Waals surface area contributed by atoms with E-state index in [4.69, 9.17) is 4.42 Å². The molecule has 3 fully saturated rings. The standard InChI is InChI=1S/C18H20N2O4/c1-10-3-2-4-14-12(9-24-16(10)14)7-15(17(21)22)19-18(23)20-8-11-5-13(20)6-11/h2-4,9,11,13,15H,5-8H2,1H3,(H,19,23)(H,21,22). The van der Waals surface area contributed by atoms with Crippen molar-refractivity contribution in [3.63, 3.8) is 0 Å². The molecule has 2 saturated heterocycles. The molecule has 126 valence electrons. The first-order valence-corrected chi connectivity index (χ1v) is 8.28. The van der Waals surface area contributed by atoms with Crippen molar-refractivity contribution in [1.82, 2.24) is 10.2 Å².